The second-order valence-corrected chi connectivity index (χ2v) is 9.45. The van der Waals surface area contributed by atoms with Gasteiger partial charge in [-0.2, -0.15) is 5.26 Å². The minimum Gasteiger partial charge on any atom is -0.504 e. The van der Waals surface area contributed by atoms with Crippen molar-refractivity contribution in [1.82, 2.24) is 4.98 Å². The SMILES string of the molecule is COc1cc(-c2cc(C)[nH]c(=O)c2C#N)cc(C23CC4CC(CC(C4)C2)C3)c1O. The number of aromatic hydroxyl groups is 1. The Hall–Kier alpha value is -2.74. The number of aryl methyl sites for hydroxylation is 1. The second kappa shape index (κ2) is 6.38. The van der Waals surface area contributed by atoms with E-state index in [0.717, 1.165) is 48.1 Å². The third-order valence-electron chi connectivity index (χ3n) is 7.50. The van der Waals surface area contributed by atoms with Gasteiger partial charge in [0.05, 0.1) is 7.11 Å². The van der Waals surface area contributed by atoms with Crippen LogP contribution in [0.5, 0.6) is 11.5 Å². The fourth-order valence-corrected chi connectivity index (χ4v) is 6.79. The number of hydrogen-bond donors (Lipinski definition) is 2. The zero-order valence-corrected chi connectivity index (χ0v) is 16.9. The molecule has 0 saturated heterocycles. The fraction of sp³-hybridized carbons (Fsp3) is 0.500. The Morgan fingerprint density at radius 2 is 1.76 bits per heavy atom. The molecule has 4 fully saturated rings. The molecule has 150 valence electrons. The molecule has 1 heterocycles. The van der Waals surface area contributed by atoms with Gasteiger partial charge in [0.15, 0.2) is 11.5 Å². The van der Waals surface area contributed by atoms with E-state index >= 15 is 0 Å². The summed E-state index contributed by atoms with van der Waals surface area (Å²) in [5, 5.41) is 20.7. The number of pyridine rings is 1. The highest BCUT2D eigenvalue weighted by Crippen LogP contribution is 2.62. The lowest BCUT2D eigenvalue weighted by Crippen LogP contribution is -2.48. The summed E-state index contributed by atoms with van der Waals surface area (Å²) < 4.78 is 5.53. The number of aromatic amines is 1. The number of benzene rings is 1. The maximum absolute atomic E-state index is 12.3. The van der Waals surface area contributed by atoms with Crippen LogP contribution >= 0.6 is 0 Å². The van der Waals surface area contributed by atoms with Gasteiger partial charge in [-0.25, -0.2) is 0 Å². The molecule has 5 heteroatoms. The smallest absolute Gasteiger partial charge is 0.266 e. The van der Waals surface area contributed by atoms with Crippen molar-refractivity contribution in [3.63, 3.8) is 0 Å². The lowest BCUT2D eigenvalue weighted by Gasteiger charge is -2.57. The van der Waals surface area contributed by atoms with E-state index in [9.17, 15) is 15.2 Å². The van der Waals surface area contributed by atoms with Crippen LogP contribution in [0.3, 0.4) is 0 Å². The van der Waals surface area contributed by atoms with Crippen molar-refractivity contribution in [2.75, 3.05) is 7.11 Å². The quantitative estimate of drug-likeness (QED) is 0.813. The number of hydrogen-bond acceptors (Lipinski definition) is 4. The number of aromatic nitrogens is 1. The predicted octanol–water partition coefficient (Wildman–Crippen LogP) is 4.40. The van der Waals surface area contributed by atoms with Crippen LogP contribution in [0, 0.1) is 36.0 Å². The van der Waals surface area contributed by atoms with E-state index in [1.807, 2.05) is 25.1 Å². The standard InChI is InChI=1S/C24H26N2O3/c1-13-3-18(19(12-25)23(28)26-13)17-7-20(22(27)21(8-17)29-2)24-9-14-4-15(10-24)6-16(5-14)11-24/h3,7-8,14-16,27H,4-6,9-11H2,1-2H3,(H,26,28). The number of methoxy groups -OCH3 is 1. The van der Waals surface area contributed by atoms with Gasteiger partial charge in [0.1, 0.15) is 11.6 Å². The number of H-pyrrole nitrogens is 1. The van der Waals surface area contributed by atoms with E-state index in [1.54, 1.807) is 13.2 Å². The zero-order chi connectivity index (χ0) is 20.3. The maximum atomic E-state index is 12.3. The molecule has 29 heavy (non-hydrogen) atoms. The van der Waals surface area contributed by atoms with Crippen molar-refractivity contribution >= 4 is 0 Å². The fourth-order valence-electron chi connectivity index (χ4n) is 6.79. The maximum Gasteiger partial charge on any atom is 0.266 e. The summed E-state index contributed by atoms with van der Waals surface area (Å²) in [5.41, 5.74) is 2.69. The van der Waals surface area contributed by atoms with Gasteiger partial charge in [-0.3, -0.25) is 4.79 Å². The summed E-state index contributed by atoms with van der Waals surface area (Å²) in [7, 11) is 1.55. The van der Waals surface area contributed by atoms with Crippen LogP contribution < -0.4 is 10.3 Å². The lowest BCUT2D eigenvalue weighted by atomic mass is 9.48. The summed E-state index contributed by atoms with van der Waals surface area (Å²) in [6.45, 7) is 1.81. The molecule has 0 aliphatic heterocycles. The summed E-state index contributed by atoms with van der Waals surface area (Å²) >= 11 is 0. The van der Waals surface area contributed by atoms with Crippen molar-refractivity contribution in [3.8, 4) is 28.7 Å². The average Bonchev–Trinajstić information content (AvgIpc) is 2.66. The molecule has 0 radical (unpaired) electrons. The first-order valence-corrected chi connectivity index (χ1v) is 10.5. The van der Waals surface area contributed by atoms with Crippen LogP contribution in [-0.4, -0.2) is 17.2 Å². The molecule has 6 rings (SSSR count). The number of nitriles is 1. The van der Waals surface area contributed by atoms with Crippen LogP contribution in [0.4, 0.5) is 0 Å². The molecule has 1 aromatic heterocycles. The van der Waals surface area contributed by atoms with Gasteiger partial charge >= 0.3 is 0 Å². The highest BCUT2D eigenvalue weighted by atomic mass is 16.5. The molecular weight excluding hydrogens is 364 g/mol. The van der Waals surface area contributed by atoms with Gasteiger partial charge in [-0.05, 0) is 92.4 Å². The van der Waals surface area contributed by atoms with E-state index in [2.05, 4.69) is 4.98 Å². The van der Waals surface area contributed by atoms with E-state index in [1.165, 1.54) is 19.3 Å². The first kappa shape index (κ1) is 18.3. The van der Waals surface area contributed by atoms with Gasteiger partial charge in [-0.15, -0.1) is 0 Å². The van der Waals surface area contributed by atoms with Gasteiger partial charge in [0.2, 0.25) is 0 Å². The molecule has 0 amide bonds. The van der Waals surface area contributed by atoms with Crippen molar-refractivity contribution in [2.45, 2.75) is 50.9 Å². The molecule has 0 unspecified atom stereocenters. The van der Waals surface area contributed by atoms with Crippen LogP contribution in [0.25, 0.3) is 11.1 Å². The molecule has 5 nitrogen and oxygen atoms in total. The lowest BCUT2D eigenvalue weighted by molar-refractivity contribution is -0.00624. The van der Waals surface area contributed by atoms with Crippen molar-refractivity contribution < 1.29 is 9.84 Å². The van der Waals surface area contributed by atoms with Crippen LogP contribution in [0.2, 0.25) is 0 Å². The Kier molecular flexibility index (Phi) is 4.03. The van der Waals surface area contributed by atoms with E-state index < -0.39 is 0 Å². The molecule has 1 aromatic carbocycles. The summed E-state index contributed by atoms with van der Waals surface area (Å²) in [6, 6.07) is 7.64. The van der Waals surface area contributed by atoms with Crippen LogP contribution in [-0.2, 0) is 5.41 Å². The van der Waals surface area contributed by atoms with Gasteiger partial charge < -0.3 is 14.8 Å². The van der Waals surface area contributed by atoms with E-state index in [-0.39, 0.29) is 22.3 Å². The monoisotopic (exact) mass is 390 g/mol. The topological polar surface area (TPSA) is 86.1 Å². The normalized spacial score (nSPS) is 29.6. The third kappa shape index (κ3) is 2.77. The number of nitrogens with zero attached hydrogens (tertiary/aromatic N) is 1. The summed E-state index contributed by atoms with van der Waals surface area (Å²) in [6.07, 6.45) is 7.30. The van der Waals surface area contributed by atoms with Crippen molar-refractivity contribution in [1.29, 1.82) is 5.26 Å². The molecular formula is C24H26N2O3. The minimum absolute atomic E-state index is 0.0226. The van der Waals surface area contributed by atoms with Crippen molar-refractivity contribution in [2.24, 2.45) is 17.8 Å². The van der Waals surface area contributed by atoms with Gasteiger partial charge in [-0.1, -0.05) is 0 Å². The van der Waals surface area contributed by atoms with Crippen LogP contribution in [0.15, 0.2) is 23.0 Å². The summed E-state index contributed by atoms with van der Waals surface area (Å²) in [4.78, 5) is 15.0. The first-order valence-electron chi connectivity index (χ1n) is 10.5. The Balaban J connectivity index is 1.72. The number of rotatable bonds is 3. The summed E-state index contributed by atoms with van der Waals surface area (Å²) in [5.74, 6) is 2.86. The third-order valence-corrected chi connectivity index (χ3v) is 7.50. The molecule has 2 N–H and O–H groups in total. The van der Waals surface area contributed by atoms with E-state index in [0.29, 0.717) is 17.0 Å². The van der Waals surface area contributed by atoms with Crippen molar-refractivity contribution in [3.05, 3.63) is 45.4 Å². The number of phenols is 1. The number of ether oxygens (including phenoxy) is 1. The average molecular weight is 390 g/mol. The van der Waals surface area contributed by atoms with Crippen LogP contribution in [0.1, 0.15) is 55.3 Å². The number of phenolic OH excluding ortho intramolecular Hbond substituents is 1. The highest BCUT2D eigenvalue weighted by Gasteiger charge is 2.52. The molecule has 4 aliphatic rings. The van der Waals surface area contributed by atoms with Gasteiger partial charge in [0, 0.05) is 16.8 Å². The molecule has 4 bridgehead atoms. The largest absolute Gasteiger partial charge is 0.504 e. The highest BCUT2D eigenvalue weighted by molar-refractivity contribution is 5.74. The van der Waals surface area contributed by atoms with Gasteiger partial charge in [0.25, 0.3) is 5.56 Å². The predicted molar refractivity (Wildman–Crippen MR) is 110 cm³/mol. The first-order chi connectivity index (χ1) is 13.9. The molecule has 0 atom stereocenters. The Morgan fingerprint density at radius 1 is 1.14 bits per heavy atom. The van der Waals surface area contributed by atoms with E-state index in [4.69, 9.17) is 4.74 Å². The Morgan fingerprint density at radius 3 is 2.31 bits per heavy atom. The number of nitrogens with one attached hydrogen (secondary N) is 1. The molecule has 2 aromatic rings. The second-order valence-electron chi connectivity index (χ2n) is 9.45. The Labute approximate surface area is 170 Å². The Bertz CT molecular complexity index is 1060. The zero-order valence-electron chi connectivity index (χ0n) is 16.9. The molecule has 4 saturated carbocycles. The minimum atomic E-state index is -0.383. The molecule has 0 spiro atoms. The molecule has 4 aliphatic carbocycles.